The van der Waals surface area contributed by atoms with Gasteiger partial charge >= 0.3 is 0 Å². The lowest BCUT2D eigenvalue weighted by Gasteiger charge is -2.34. The number of nitrogens with zero attached hydrogens (tertiary/aromatic N) is 6. The second-order valence-corrected chi connectivity index (χ2v) is 8.45. The first-order chi connectivity index (χ1) is 15.2. The largest absolute Gasteiger partial charge is 0.351 e. The van der Waals surface area contributed by atoms with Crippen molar-refractivity contribution in [1.29, 1.82) is 0 Å². The fourth-order valence-corrected chi connectivity index (χ4v) is 4.92. The number of aromatic nitrogens is 6. The Bertz CT molecular complexity index is 1250. The standard InChI is InChI=1S/C22H24N8O/c31-20-2-1-10-29(20)15-5-3-14(4-6-15)26-22-25-13-17-16(12-24-21(17)27-22)18-7-8-19-23-9-11-30(19)28-18/h7-9,11-15H,1-6,10H2,(H2,24,25,26,27). The summed E-state index contributed by atoms with van der Waals surface area (Å²) in [5, 5.41) is 9.05. The van der Waals surface area contributed by atoms with Gasteiger partial charge in [0.15, 0.2) is 5.65 Å². The van der Waals surface area contributed by atoms with Crippen molar-refractivity contribution in [2.75, 3.05) is 11.9 Å². The van der Waals surface area contributed by atoms with Gasteiger partial charge in [0.05, 0.1) is 5.69 Å². The summed E-state index contributed by atoms with van der Waals surface area (Å²) in [6, 6.07) is 4.65. The second kappa shape index (κ2) is 7.33. The number of aromatic amines is 1. The molecule has 9 heteroatoms. The van der Waals surface area contributed by atoms with Crippen molar-refractivity contribution in [3.8, 4) is 11.3 Å². The smallest absolute Gasteiger partial charge is 0.224 e. The van der Waals surface area contributed by atoms with Crippen LogP contribution in [0.5, 0.6) is 0 Å². The van der Waals surface area contributed by atoms with Gasteiger partial charge < -0.3 is 15.2 Å². The Morgan fingerprint density at radius 3 is 2.87 bits per heavy atom. The van der Waals surface area contributed by atoms with E-state index in [0.29, 0.717) is 23.9 Å². The zero-order chi connectivity index (χ0) is 20.8. The SMILES string of the molecule is O=C1CCCN1C1CCC(Nc2ncc3c(-c4ccc5nccn5n4)c[nH]c3n2)CC1. The molecule has 4 aromatic heterocycles. The van der Waals surface area contributed by atoms with Crippen molar-refractivity contribution >= 4 is 28.5 Å². The van der Waals surface area contributed by atoms with Gasteiger partial charge in [-0.25, -0.2) is 14.5 Å². The number of rotatable bonds is 4. The maximum absolute atomic E-state index is 12.0. The molecule has 6 rings (SSSR count). The summed E-state index contributed by atoms with van der Waals surface area (Å²) in [6.07, 6.45) is 13.2. The Hall–Kier alpha value is -3.49. The van der Waals surface area contributed by atoms with E-state index in [9.17, 15) is 4.79 Å². The Balaban J connectivity index is 1.16. The molecule has 1 aliphatic heterocycles. The molecular weight excluding hydrogens is 392 g/mol. The first kappa shape index (κ1) is 18.3. The third-order valence-corrected chi connectivity index (χ3v) is 6.54. The molecule has 5 heterocycles. The third kappa shape index (κ3) is 3.30. The highest BCUT2D eigenvalue weighted by Gasteiger charge is 2.31. The monoisotopic (exact) mass is 416 g/mol. The number of hydrogen-bond donors (Lipinski definition) is 2. The number of likely N-dealkylation sites (tertiary alicyclic amines) is 1. The molecule has 1 aliphatic carbocycles. The normalized spacial score (nSPS) is 21.9. The van der Waals surface area contributed by atoms with Crippen LogP contribution in [0.3, 0.4) is 0 Å². The van der Waals surface area contributed by atoms with Crippen LogP contribution < -0.4 is 5.32 Å². The quantitative estimate of drug-likeness (QED) is 0.530. The van der Waals surface area contributed by atoms with E-state index in [0.717, 1.165) is 73.0 Å². The second-order valence-electron chi connectivity index (χ2n) is 8.45. The van der Waals surface area contributed by atoms with Crippen molar-refractivity contribution in [3.05, 3.63) is 36.9 Å². The number of hydrogen-bond acceptors (Lipinski definition) is 6. The summed E-state index contributed by atoms with van der Waals surface area (Å²) in [5.74, 6) is 0.967. The number of H-pyrrole nitrogens is 1. The minimum Gasteiger partial charge on any atom is -0.351 e. The zero-order valence-corrected chi connectivity index (χ0v) is 17.2. The van der Waals surface area contributed by atoms with Crippen molar-refractivity contribution < 1.29 is 4.79 Å². The van der Waals surface area contributed by atoms with Gasteiger partial charge in [0, 0.05) is 60.8 Å². The molecule has 0 unspecified atom stereocenters. The van der Waals surface area contributed by atoms with Gasteiger partial charge in [-0.3, -0.25) is 4.79 Å². The Kier molecular flexibility index (Phi) is 4.33. The first-order valence-corrected chi connectivity index (χ1v) is 11.0. The number of carbonyl (C=O) groups excluding carboxylic acids is 1. The Morgan fingerprint density at radius 1 is 1.13 bits per heavy atom. The summed E-state index contributed by atoms with van der Waals surface area (Å²) < 4.78 is 1.76. The average molecular weight is 416 g/mol. The lowest BCUT2D eigenvalue weighted by Crippen LogP contribution is -2.41. The van der Waals surface area contributed by atoms with Gasteiger partial charge in [0.2, 0.25) is 11.9 Å². The van der Waals surface area contributed by atoms with Crippen LogP contribution in [-0.2, 0) is 4.79 Å². The fraction of sp³-hybridized carbons (Fsp3) is 0.409. The number of anilines is 1. The van der Waals surface area contributed by atoms with Crippen molar-refractivity contribution in [2.24, 2.45) is 0 Å². The molecule has 0 spiro atoms. The molecule has 31 heavy (non-hydrogen) atoms. The summed E-state index contributed by atoms with van der Waals surface area (Å²) in [7, 11) is 0. The molecule has 2 N–H and O–H groups in total. The van der Waals surface area contributed by atoms with Gasteiger partial charge in [0.25, 0.3) is 0 Å². The molecule has 4 aromatic rings. The lowest BCUT2D eigenvalue weighted by atomic mass is 9.90. The number of nitrogens with one attached hydrogen (secondary N) is 2. The molecule has 1 saturated heterocycles. The summed E-state index contributed by atoms with van der Waals surface area (Å²) in [4.78, 5) is 30.8. The Labute approximate surface area is 178 Å². The van der Waals surface area contributed by atoms with Crippen LogP contribution in [0.4, 0.5) is 5.95 Å². The zero-order valence-electron chi connectivity index (χ0n) is 17.2. The van der Waals surface area contributed by atoms with Crippen LogP contribution in [0.25, 0.3) is 27.9 Å². The maximum atomic E-state index is 12.0. The fourth-order valence-electron chi connectivity index (χ4n) is 4.92. The van der Waals surface area contributed by atoms with Gasteiger partial charge in [-0.1, -0.05) is 0 Å². The van der Waals surface area contributed by atoms with Crippen LogP contribution in [-0.4, -0.2) is 59.0 Å². The number of fused-ring (bicyclic) bond motifs is 2. The predicted octanol–water partition coefficient (Wildman–Crippen LogP) is 3.01. The number of amides is 1. The summed E-state index contributed by atoms with van der Waals surface area (Å²) >= 11 is 0. The van der Waals surface area contributed by atoms with Crippen molar-refractivity contribution in [1.82, 2.24) is 34.4 Å². The van der Waals surface area contributed by atoms with Crippen LogP contribution in [0.2, 0.25) is 0 Å². The van der Waals surface area contributed by atoms with Crippen LogP contribution in [0.1, 0.15) is 38.5 Å². The van der Waals surface area contributed by atoms with Crippen molar-refractivity contribution in [3.63, 3.8) is 0 Å². The van der Waals surface area contributed by atoms with E-state index >= 15 is 0 Å². The molecular formula is C22H24N8O. The third-order valence-electron chi connectivity index (χ3n) is 6.54. The minimum atomic E-state index is 0.328. The Morgan fingerprint density at radius 2 is 2.03 bits per heavy atom. The maximum Gasteiger partial charge on any atom is 0.224 e. The van der Waals surface area contributed by atoms with Crippen molar-refractivity contribution in [2.45, 2.75) is 50.6 Å². The molecule has 158 valence electrons. The first-order valence-electron chi connectivity index (χ1n) is 11.0. The van der Waals surface area contributed by atoms with E-state index in [-0.39, 0.29) is 0 Å². The van der Waals surface area contributed by atoms with E-state index in [1.54, 1.807) is 10.7 Å². The van der Waals surface area contributed by atoms with E-state index < -0.39 is 0 Å². The molecule has 0 atom stereocenters. The topological polar surface area (TPSA) is 104 Å². The number of imidazole rings is 1. The highest BCUT2D eigenvalue weighted by Crippen LogP contribution is 2.29. The molecule has 1 saturated carbocycles. The van der Waals surface area contributed by atoms with Gasteiger partial charge in [-0.05, 0) is 44.2 Å². The van der Waals surface area contributed by atoms with Crippen LogP contribution in [0, 0.1) is 0 Å². The molecule has 9 nitrogen and oxygen atoms in total. The molecule has 1 amide bonds. The molecule has 2 aliphatic rings. The van der Waals surface area contributed by atoms with Gasteiger partial charge in [0.1, 0.15) is 5.65 Å². The van der Waals surface area contributed by atoms with E-state index in [1.165, 1.54) is 0 Å². The van der Waals surface area contributed by atoms with Gasteiger partial charge in [-0.15, -0.1) is 0 Å². The predicted molar refractivity (Wildman–Crippen MR) is 116 cm³/mol. The lowest BCUT2D eigenvalue weighted by molar-refractivity contribution is -0.130. The summed E-state index contributed by atoms with van der Waals surface area (Å²) in [6.45, 7) is 0.930. The average Bonchev–Trinajstić information content (AvgIpc) is 3.53. The summed E-state index contributed by atoms with van der Waals surface area (Å²) in [5.41, 5.74) is 3.41. The van der Waals surface area contributed by atoms with E-state index in [1.807, 2.05) is 30.7 Å². The number of carbonyl (C=O) groups is 1. The van der Waals surface area contributed by atoms with Crippen LogP contribution >= 0.6 is 0 Å². The van der Waals surface area contributed by atoms with E-state index in [4.69, 9.17) is 0 Å². The highest BCUT2D eigenvalue weighted by molar-refractivity contribution is 5.92. The molecule has 0 aromatic carbocycles. The minimum absolute atomic E-state index is 0.328. The molecule has 2 fully saturated rings. The highest BCUT2D eigenvalue weighted by atomic mass is 16.2. The van der Waals surface area contributed by atoms with Crippen LogP contribution in [0.15, 0.2) is 36.9 Å². The molecule has 0 radical (unpaired) electrons. The molecule has 0 bridgehead atoms. The van der Waals surface area contributed by atoms with Gasteiger partial charge in [-0.2, -0.15) is 10.1 Å². The van der Waals surface area contributed by atoms with E-state index in [2.05, 4.69) is 35.3 Å².